The van der Waals surface area contributed by atoms with E-state index in [1.165, 1.54) is 5.57 Å². The molecule has 0 aliphatic heterocycles. The summed E-state index contributed by atoms with van der Waals surface area (Å²) in [5, 5.41) is 0. The van der Waals surface area contributed by atoms with Crippen molar-refractivity contribution in [2.45, 2.75) is 45.6 Å². The second-order valence-corrected chi connectivity index (χ2v) is 4.34. The van der Waals surface area contributed by atoms with E-state index in [0.717, 1.165) is 19.3 Å². The molecule has 0 aromatic carbocycles. The summed E-state index contributed by atoms with van der Waals surface area (Å²) in [4.78, 5) is 10.3. The number of allylic oxidation sites excluding steroid dienone is 2. The van der Waals surface area contributed by atoms with E-state index in [1.807, 2.05) is 13.8 Å². The van der Waals surface area contributed by atoms with Gasteiger partial charge in [0.25, 0.3) is 6.47 Å². The molecule has 0 saturated carbocycles. The fraction of sp³-hybridized carbons (Fsp3) is 0.727. The normalized spacial score (nSPS) is 23.6. The third-order valence-electron chi connectivity index (χ3n) is 2.97. The Labute approximate surface area is 80.0 Å². The van der Waals surface area contributed by atoms with Gasteiger partial charge in [0.05, 0.1) is 0 Å². The maximum Gasteiger partial charge on any atom is 0.293 e. The average molecular weight is 182 g/mol. The minimum Gasteiger partial charge on any atom is -0.462 e. The van der Waals surface area contributed by atoms with Gasteiger partial charge < -0.3 is 4.74 Å². The molecule has 0 aromatic heterocycles. The Bertz CT molecular complexity index is 216. The van der Waals surface area contributed by atoms with Gasteiger partial charge in [-0.05, 0) is 40.0 Å². The second kappa shape index (κ2) is 3.95. The lowest BCUT2D eigenvalue weighted by Gasteiger charge is -2.34. The fourth-order valence-corrected chi connectivity index (χ4v) is 1.82. The number of hydrogen-bond donors (Lipinski definition) is 0. The molecule has 2 nitrogen and oxygen atoms in total. The van der Waals surface area contributed by atoms with Crippen LogP contribution in [0.3, 0.4) is 0 Å². The first-order valence-corrected chi connectivity index (χ1v) is 4.83. The monoisotopic (exact) mass is 182 g/mol. The summed E-state index contributed by atoms with van der Waals surface area (Å²) in [5.74, 6) is 0.474. The summed E-state index contributed by atoms with van der Waals surface area (Å²) in [6.07, 6.45) is 5.55. The van der Waals surface area contributed by atoms with Crippen molar-refractivity contribution in [3.63, 3.8) is 0 Å². The average Bonchev–Trinajstić information content (AvgIpc) is 2.05. The summed E-state index contributed by atoms with van der Waals surface area (Å²) >= 11 is 0. The number of carbonyl (C=O) groups excluding carboxylic acids is 1. The van der Waals surface area contributed by atoms with Crippen LogP contribution >= 0.6 is 0 Å². The molecular weight excluding hydrogens is 164 g/mol. The minimum absolute atomic E-state index is 0.307. The molecule has 0 amide bonds. The third kappa shape index (κ3) is 2.58. The molecule has 74 valence electrons. The SMILES string of the molecule is CC1=CC[C@@H](C(C)(C)OC=O)CC1. The Balaban J connectivity index is 2.58. The first kappa shape index (κ1) is 10.3. The fourth-order valence-electron chi connectivity index (χ4n) is 1.82. The molecule has 0 spiro atoms. The van der Waals surface area contributed by atoms with Crippen LogP contribution in [0.15, 0.2) is 11.6 Å². The molecule has 13 heavy (non-hydrogen) atoms. The van der Waals surface area contributed by atoms with Gasteiger partial charge in [-0.3, -0.25) is 4.79 Å². The van der Waals surface area contributed by atoms with Crippen molar-refractivity contribution in [3.8, 4) is 0 Å². The highest BCUT2D eigenvalue weighted by Crippen LogP contribution is 2.33. The van der Waals surface area contributed by atoms with Gasteiger partial charge in [-0.1, -0.05) is 11.6 Å². The van der Waals surface area contributed by atoms with Crippen LogP contribution in [-0.4, -0.2) is 12.1 Å². The largest absolute Gasteiger partial charge is 0.462 e. The van der Waals surface area contributed by atoms with Crippen molar-refractivity contribution in [2.24, 2.45) is 5.92 Å². The Morgan fingerprint density at radius 3 is 2.77 bits per heavy atom. The summed E-state index contributed by atoms with van der Waals surface area (Å²) in [6.45, 7) is 6.69. The molecule has 1 rings (SSSR count). The maximum atomic E-state index is 10.3. The molecule has 1 aliphatic rings. The highest BCUT2D eigenvalue weighted by molar-refractivity contribution is 5.38. The number of rotatable bonds is 3. The van der Waals surface area contributed by atoms with Gasteiger partial charge >= 0.3 is 0 Å². The molecule has 2 heteroatoms. The van der Waals surface area contributed by atoms with Gasteiger partial charge in [-0.25, -0.2) is 0 Å². The first-order chi connectivity index (χ1) is 6.06. The van der Waals surface area contributed by atoms with Gasteiger partial charge in [0, 0.05) is 5.92 Å². The lowest BCUT2D eigenvalue weighted by molar-refractivity contribution is -0.145. The quantitative estimate of drug-likeness (QED) is 0.495. The predicted molar refractivity (Wildman–Crippen MR) is 52.3 cm³/mol. The number of hydrogen-bond acceptors (Lipinski definition) is 2. The van der Waals surface area contributed by atoms with E-state index in [9.17, 15) is 4.79 Å². The Morgan fingerprint density at radius 2 is 2.31 bits per heavy atom. The minimum atomic E-state index is -0.307. The molecule has 1 aliphatic carbocycles. The van der Waals surface area contributed by atoms with E-state index in [0.29, 0.717) is 12.4 Å². The third-order valence-corrected chi connectivity index (χ3v) is 2.97. The van der Waals surface area contributed by atoms with Gasteiger partial charge in [-0.15, -0.1) is 0 Å². The van der Waals surface area contributed by atoms with Crippen LogP contribution in [0.25, 0.3) is 0 Å². The van der Waals surface area contributed by atoms with Gasteiger partial charge in [0.2, 0.25) is 0 Å². The molecular formula is C11H18O2. The molecule has 0 unspecified atom stereocenters. The maximum absolute atomic E-state index is 10.3. The Hall–Kier alpha value is -0.790. The predicted octanol–water partition coefficient (Wildman–Crippen LogP) is 2.68. The molecule has 0 N–H and O–H groups in total. The zero-order valence-corrected chi connectivity index (χ0v) is 8.67. The highest BCUT2D eigenvalue weighted by atomic mass is 16.5. The Kier molecular flexibility index (Phi) is 3.12. The van der Waals surface area contributed by atoms with E-state index in [4.69, 9.17) is 4.74 Å². The van der Waals surface area contributed by atoms with Crippen molar-refractivity contribution >= 4 is 6.47 Å². The van der Waals surface area contributed by atoms with E-state index in [-0.39, 0.29) is 5.60 Å². The van der Waals surface area contributed by atoms with Crippen molar-refractivity contribution in [3.05, 3.63) is 11.6 Å². The van der Waals surface area contributed by atoms with Crippen molar-refractivity contribution < 1.29 is 9.53 Å². The van der Waals surface area contributed by atoms with Crippen LogP contribution in [0, 0.1) is 5.92 Å². The molecule has 0 aromatic rings. The van der Waals surface area contributed by atoms with Crippen molar-refractivity contribution in [2.75, 3.05) is 0 Å². The van der Waals surface area contributed by atoms with Crippen LogP contribution < -0.4 is 0 Å². The smallest absolute Gasteiger partial charge is 0.293 e. The number of ether oxygens (including phenoxy) is 1. The van der Waals surface area contributed by atoms with E-state index >= 15 is 0 Å². The Morgan fingerprint density at radius 1 is 1.62 bits per heavy atom. The van der Waals surface area contributed by atoms with E-state index in [2.05, 4.69) is 13.0 Å². The zero-order chi connectivity index (χ0) is 9.90. The second-order valence-electron chi connectivity index (χ2n) is 4.34. The van der Waals surface area contributed by atoms with Crippen LogP contribution in [0.4, 0.5) is 0 Å². The standard InChI is InChI=1S/C11H18O2/c1-9-4-6-10(7-5-9)11(2,3)13-8-12/h4,8,10H,5-7H2,1-3H3/t10-/m1/s1. The summed E-state index contributed by atoms with van der Waals surface area (Å²) in [7, 11) is 0. The highest BCUT2D eigenvalue weighted by Gasteiger charge is 2.31. The molecule has 0 radical (unpaired) electrons. The summed E-state index contributed by atoms with van der Waals surface area (Å²) in [5.41, 5.74) is 1.15. The lowest BCUT2D eigenvalue weighted by Crippen LogP contribution is -2.35. The van der Waals surface area contributed by atoms with Crippen LogP contribution in [0.5, 0.6) is 0 Å². The number of carbonyl (C=O) groups is 1. The van der Waals surface area contributed by atoms with E-state index in [1.54, 1.807) is 0 Å². The van der Waals surface area contributed by atoms with Crippen molar-refractivity contribution in [1.29, 1.82) is 0 Å². The van der Waals surface area contributed by atoms with Gasteiger partial charge in [-0.2, -0.15) is 0 Å². The topological polar surface area (TPSA) is 26.3 Å². The molecule has 0 heterocycles. The van der Waals surface area contributed by atoms with Gasteiger partial charge in [0.15, 0.2) is 0 Å². The molecule has 0 bridgehead atoms. The van der Waals surface area contributed by atoms with Crippen LogP contribution in [0.2, 0.25) is 0 Å². The zero-order valence-electron chi connectivity index (χ0n) is 8.67. The summed E-state index contributed by atoms with van der Waals surface area (Å²) in [6, 6.07) is 0. The molecule has 1 atom stereocenters. The van der Waals surface area contributed by atoms with Crippen LogP contribution in [0.1, 0.15) is 40.0 Å². The lowest BCUT2D eigenvalue weighted by atomic mass is 9.80. The van der Waals surface area contributed by atoms with Crippen molar-refractivity contribution in [1.82, 2.24) is 0 Å². The van der Waals surface area contributed by atoms with Gasteiger partial charge in [0.1, 0.15) is 5.60 Å². The first-order valence-electron chi connectivity index (χ1n) is 4.83. The molecule has 0 saturated heterocycles. The molecule has 0 fully saturated rings. The van der Waals surface area contributed by atoms with Crippen LogP contribution in [-0.2, 0) is 9.53 Å². The van der Waals surface area contributed by atoms with E-state index < -0.39 is 0 Å². The summed E-state index contributed by atoms with van der Waals surface area (Å²) < 4.78 is 5.09.